The molecule has 0 atom stereocenters. The summed E-state index contributed by atoms with van der Waals surface area (Å²) in [6.45, 7) is 0. The minimum atomic E-state index is 0.693. The van der Waals surface area contributed by atoms with Gasteiger partial charge in [0.15, 0.2) is 5.82 Å². The zero-order valence-electron chi connectivity index (χ0n) is 41.0. The molecule has 0 bridgehead atoms. The van der Waals surface area contributed by atoms with E-state index >= 15 is 0 Å². The molecule has 0 fully saturated rings. The smallest absolute Gasteiger partial charge is 0.160 e. The Morgan fingerprint density at radius 2 is 0.658 bits per heavy atom. The highest BCUT2D eigenvalue weighted by Crippen LogP contribution is 2.43. The van der Waals surface area contributed by atoms with Crippen molar-refractivity contribution in [2.45, 2.75) is 0 Å². The molecule has 0 N–H and O–H groups in total. The summed E-state index contributed by atoms with van der Waals surface area (Å²) in [5.74, 6) is 0.693. The normalized spacial score (nSPS) is 11.9. The van der Waals surface area contributed by atoms with Gasteiger partial charge in [-0.1, -0.05) is 164 Å². The Morgan fingerprint density at radius 3 is 1.22 bits per heavy atom. The van der Waals surface area contributed by atoms with Crippen LogP contribution < -0.4 is 0 Å². The predicted octanol–water partition coefficient (Wildman–Crippen LogP) is 18.8. The summed E-state index contributed by atoms with van der Waals surface area (Å²) in [6.07, 6.45) is 0. The summed E-state index contributed by atoms with van der Waals surface area (Å²) in [4.78, 5) is 11.0. The van der Waals surface area contributed by atoms with Gasteiger partial charge in [-0.05, 0) is 119 Å². The molecule has 0 aliphatic carbocycles. The monoisotopic (exact) mass is 985 g/mol. The number of hydrogen-bond acceptors (Lipinski definition) is 3. The molecule has 6 heteroatoms. The Morgan fingerprint density at radius 1 is 0.263 bits per heavy atom. The highest BCUT2D eigenvalue weighted by atomic mass is 32.1. The average molecular weight is 986 g/mol. The Labute approximate surface area is 441 Å². The minimum Gasteiger partial charge on any atom is -0.309 e. The van der Waals surface area contributed by atoms with E-state index in [1.54, 1.807) is 11.3 Å². The topological polar surface area (TPSA) is 40.6 Å². The van der Waals surface area contributed by atoms with Crippen LogP contribution in [0.25, 0.3) is 148 Å². The summed E-state index contributed by atoms with van der Waals surface area (Å²) in [5, 5.41) is 8.52. The first-order valence-electron chi connectivity index (χ1n) is 25.8. The fraction of sp³-hybridized carbons (Fsp3) is 0. The third kappa shape index (κ3) is 6.57. The van der Waals surface area contributed by atoms with Crippen LogP contribution in [-0.2, 0) is 0 Å². The van der Waals surface area contributed by atoms with E-state index in [0.717, 1.165) is 71.6 Å². The van der Waals surface area contributed by atoms with Crippen LogP contribution in [0, 0.1) is 0 Å². The largest absolute Gasteiger partial charge is 0.309 e. The van der Waals surface area contributed by atoms with Gasteiger partial charge in [-0.3, -0.25) is 0 Å². The van der Waals surface area contributed by atoms with Crippen molar-refractivity contribution in [1.82, 2.24) is 23.7 Å². The minimum absolute atomic E-state index is 0.693. The summed E-state index contributed by atoms with van der Waals surface area (Å²) in [6, 6.07) is 94.5. The molecule has 5 heterocycles. The summed E-state index contributed by atoms with van der Waals surface area (Å²) in [5.41, 5.74) is 19.0. The van der Waals surface area contributed by atoms with Crippen LogP contribution in [0.15, 0.2) is 261 Å². The lowest BCUT2D eigenvalue weighted by Crippen LogP contribution is -1.97. The molecule has 0 saturated heterocycles. The molecule has 0 unspecified atom stereocenters. The molecule has 5 aromatic heterocycles. The number of hydrogen-bond donors (Lipinski definition) is 0. The molecule has 0 aliphatic rings. The fourth-order valence-corrected chi connectivity index (χ4v) is 13.1. The molecule has 354 valence electrons. The van der Waals surface area contributed by atoms with E-state index in [2.05, 4.69) is 275 Å². The van der Waals surface area contributed by atoms with Crippen LogP contribution in [0.2, 0.25) is 0 Å². The van der Waals surface area contributed by atoms with Crippen molar-refractivity contribution in [3.05, 3.63) is 261 Å². The van der Waals surface area contributed by atoms with E-state index in [0.29, 0.717) is 5.82 Å². The number of para-hydroxylation sites is 5. The average Bonchev–Trinajstić information content (AvgIpc) is 4.26. The van der Waals surface area contributed by atoms with Gasteiger partial charge in [-0.2, -0.15) is 0 Å². The second-order valence-electron chi connectivity index (χ2n) is 19.7. The molecule has 0 radical (unpaired) electrons. The lowest BCUT2D eigenvalue weighted by molar-refractivity contribution is 1.17. The van der Waals surface area contributed by atoms with Crippen LogP contribution >= 0.6 is 11.3 Å². The number of thiophene rings is 1. The number of nitrogens with zero attached hydrogens (tertiary/aromatic N) is 5. The second kappa shape index (κ2) is 16.8. The third-order valence-electron chi connectivity index (χ3n) is 15.4. The third-order valence-corrected chi connectivity index (χ3v) is 16.6. The molecule has 16 aromatic rings. The number of fused-ring (bicyclic) bond motifs is 12. The Hall–Kier alpha value is -9.88. The van der Waals surface area contributed by atoms with Crippen LogP contribution in [0.3, 0.4) is 0 Å². The van der Waals surface area contributed by atoms with Crippen LogP contribution in [0.4, 0.5) is 0 Å². The number of rotatable bonds is 7. The van der Waals surface area contributed by atoms with E-state index in [1.165, 1.54) is 70.2 Å². The van der Waals surface area contributed by atoms with E-state index in [-0.39, 0.29) is 0 Å². The second-order valence-corrected chi connectivity index (χ2v) is 20.8. The van der Waals surface area contributed by atoms with E-state index in [4.69, 9.17) is 9.97 Å². The number of benzene rings is 11. The van der Waals surface area contributed by atoms with Crippen molar-refractivity contribution >= 4 is 97.1 Å². The lowest BCUT2D eigenvalue weighted by atomic mass is 10.0. The van der Waals surface area contributed by atoms with E-state index in [9.17, 15) is 0 Å². The van der Waals surface area contributed by atoms with Crippen LogP contribution in [-0.4, -0.2) is 23.7 Å². The zero-order chi connectivity index (χ0) is 49.8. The molecule has 0 aliphatic heterocycles. The van der Waals surface area contributed by atoms with Gasteiger partial charge in [0.05, 0.1) is 49.0 Å². The van der Waals surface area contributed by atoms with Crippen molar-refractivity contribution in [2.24, 2.45) is 0 Å². The summed E-state index contributed by atoms with van der Waals surface area (Å²) >= 11 is 1.76. The first-order valence-corrected chi connectivity index (χ1v) is 26.6. The molecule has 16 rings (SSSR count). The van der Waals surface area contributed by atoms with Gasteiger partial charge in [0.25, 0.3) is 0 Å². The van der Waals surface area contributed by atoms with Gasteiger partial charge in [-0.15, -0.1) is 11.3 Å². The van der Waals surface area contributed by atoms with Crippen molar-refractivity contribution in [3.8, 4) is 62.0 Å². The van der Waals surface area contributed by atoms with Gasteiger partial charge in [0.2, 0.25) is 0 Å². The molecule has 0 saturated carbocycles. The van der Waals surface area contributed by atoms with Gasteiger partial charge in [0, 0.05) is 70.6 Å². The first-order chi connectivity index (χ1) is 37.7. The zero-order valence-corrected chi connectivity index (χ0v) is 41.8. The Balaban J connectivity index is 0.818. The molecule has 11 aromatic carbocycles. The van der Waals surface area contributed by atoms with Gasteiger partial charge >= 0.3 is 0 Å². The summed E-state index contributed by atoms with van der Waals surface area (Å²) in [7, 11) is 0. The molecular weight excluding hydrogens is 943 g/mol. The summed E-state index contributed by atoms with van der Waals surface area (Å²) < 4.78 is 9.41. The van der Waals surface area contributed by atoms with Gasteiger partial charge in [-0.25, -0.2) is 9.97 Å². The molecule has 76 heavy (non-hydrogen) atoms. The van der Waals surface area contributed by atoms with E-state index < -0.39 is 0 Å². The van der Waals surface area contributed by atoms with Crippen LogP contribution in [0.1, 0.15) is 0 Å². The van der Waals surface area contributed by atoms with E-state index in [1.807, 2.05) is 0 Å². The Bertz CT molecular complexity index is 4950. The number of aromatic nitrogens is 5. The van der Waals surface area contributed by atoms with Crippen molar-refractivity contribution in [2.75, 3.05) is 0 Å². The predicted molar refractivity (Wildman–Crippen MR) is 320 cm³/mol. The SMILES string of the molecule is c1ccc(-c2nc(-c3cccc(-n4c5ccccc5c5cc(-c6ccc7c(c6)c6ccccc6n7-c6ccccc6)ccc54)c3)nc3c2sc2ccc(-c4cccc(-n5c6ccccc6c6ccccc65)c4)cc23)cc1. The first kappa shape index (κ1) is 42.6. The van der Waals surface area contributed by atoms with Crippen molar-refractivity contribution < 1.29 is 0 Å². The lowest BCUT2D eigenvalue weighted by Gasteiger charge is -2.12. The molecule has 5 nitrogen and oxygen atoms in total. The standard InChI is InChI=1S/C70H43N5S/c1-3-17-44(18-4-1)67-69-68(59-43-48(35-38-66(59)76-69)45-19-15-23-51(39-45)74-60-29-11-7-25-53(60)54-26-8-12-30-61(54)74)72-70(71-67)49-20-16-24-52(40-49)75-63-32-14-10-28-56(63)58-42-47(34-37-65(58)75)46-33-36-64-57(41-46)55-27-9-13-31-62(55)73(64)50-21-5-2-6-22-50/h1-43H. The highest BCUT2D eigenvalue weighted by molar-refractivity contribution is 7.26. The quantitative estimate of drug-likeness (QED) is 0.160. The molecule has 0 spiro atoms. The van der Waals surface area contributed by atoms with Gasteiger partial charge < -0.3 is 13.7 Å². The highest BCUT2D eigenvalue weighted by Gasteiger charge is 2.21. The fourth-order valence-electron chi connectivity index (χ4n) is 12.0. The van der Waals surface area contributed by atoms with Crippen LogP contribution in [0.5, 0.6) is 0 Å². The maximum absolute atomic E-state index is 5.52. The Kier molecular flexibility index (Phi) is 9.44. The molecule has 0 amide bonds. The van der Waals surface area contributed by atoms with Crippen molar-refractivity contribution in [3.63, 3.8) is 0 Å². The van der Waals surface area contributed by atoms with Gasteiger partial charge in [0.1, 0.15) is 0 Å². The molecular formula is C70H43N5S. The maximum Gasteiger partial charge on any atom is 0.160 e. The maximum atomic E-state index is 5.52. The van der Waals surface area contributed by atoms with Crippen molar-refractivity contribution in [1.29, 1.82) is 0 Å².